The molecule has 292 valence electrons. The van der Waals surface area contributed by atoms with Crippen LogP contribution in [0.5, 0.6) is 0 Å². The molecule has 4 aromatic carbocycles. The van der Waals surface area contributed by atoms with Gasteiger partial charge in [0.2, 0.25) is 23.6 Å². The van der Waals surface area contributed by atoms with Gasteiger partial charge in [-0.25, -0.2) is 4.79 Å². The Morgan fingerprint density at radius 1 is 0.579 bits per heavy atom. The molecule has 14 heteroatoms. The molecule has 0 radical (unpaired) electrons. The average molecular weight is 787 g/mol. The Hall–Kier alpha value is -6.64. The van der Waals surface area contributed by atoms with Crippen LogP contribution in [-0.4, -0.2) is 70.8 Å². The molecule has 0 fully saturated rings. The number of carboxylic acid groups (broad SMARTS) is 1. The van der Waals surface area contributed by atoms with Crippen molar-refractivity contribution >= 4 is 52.5 Å². The maximum atomic E-state index is 14.4. The Labute approximate surface area is 333 Å². The highest BCUT2D eigenvalue weighted by molar-refractivity contribution is 7.09. The normalized spacial score (nSPS) is 21.0. The van der Waals surface area contributed by atoms with E-state index in [1.807, 2.05) is 60.0 Å². The molecule has 3 heterocycles. The zero-order chi connectivity index (χ0) is 40.3. The van der Waals surface area contributed by atoms with Crippen molar-refractivity contribution in [2.45, 2.75) is 55.9 Å². The third kappa shape index (κ3) is 11.0. The lowest BCUT2D eigenvalue weighted by Gasteiger charge is -2.27. The van der Waals surface area contributed by atoms with E-state index >= 15 is 0 Å². The number of anilines is 1. The van der Waals surface area contributed by atoms with Gasteiger partial charge < -0.3 is 37.4 Å². The fourth-order valence-corrected chi connectivity index (χ4v) is 7.14. The van der Waals surface area contributed by atoms with Crippen molar-refractivity contribution in [1.82, 2.24) is 21.3 Å². The quantitative estimate of drug-likeness (QED) is 0.0917. The van der Waals surface area contributed by atoms with E-state index in [0.717, 1.165) is 16.0 Å². The number of hydrogen-bond acceptors (Lipinski definition) is 8. The number of carbonyl (C=O) groups excluding carboxylic acids is 5. The lowest BCUT2D eigenvalue weighted by atomic mass is 9.99. The van der Waals surface area contributed by atoms with Gasteiger partial charge in [-0.3, -0.25) is 24.0 Å². The van der Waals surface area contributed by atoms with Gasteiger partial charge >= 0.3 is 5.97 Å². The molecule has 13 nitrogen and oxygen atoms in total. The number of benzene rings is 4. The first-order chi connectivity index (χ1) is 27.5. The summed E-state index contributed by atoms with van der Waals surface area (Å²) < 4.78 is 0. The van der Waals surface area contributed by atoms with E-state index in [4.69, 9.17) is 5.73 Å². The van der Waals surface area contributed by atoms with E-state index in [9.17, 15) is 33.9 Å². The van der Waals surface area contributed by atoms with E-state index in [2.05, 4.69) is 26.6 Å². The molecule has 0 saturated carbocycles. The molecular formula is C43H42N6O7S. The topological polar surface area (TPSA) is 209 Å². The molecule has 1 aromatic heterocycles. The van der Waals surface area contributed by atoms with Crippen LogP contribution in [0.25, 0.3) is 11.1 Å². The van der Waals surface area contributed by atoms with E-state index in [1.54, 1.807) is 54.6 Å². The Bertz CT molecular complexity index is 2180. The molecule has 7 rings (SSSR count). The van der Waals surface area contributed by atoms with Crippen LogP contribution < -0.4 is 32.3 Å². The Morgan fingerprint density at radius 3 is 1.68 bits per heavy atom. The third-order valence-electron chi connectivity index (χ3n) is 9.51. The molecule has 0 spiro atoms. The van der Waals surface area contributed by atoms with Gasteiger partial charge in [0.1, 0.15) is 24.2 Å². The highest BCUT2D eigenvalue weighted by Gasteiger charge is 2.33. The fraction of sp³-hybridized carbons (Fsp3) is 0.209. The van der Waals surface area contributed by atoms with E-state index in [-0.39, 0.29) is 31.4 Å². The number of fused-ring (bicyclic) bond motifs is 17. The highest BCUT2D eigenvalue weighted by Crippen LogP contribution is 2.20. The molecule has 0 saturated heterocycles. The van der Waals surface area contributed by atoms with Crippen molar-refractivity contribution in [3.05, 3.63) is 148 Å². The van der Waals surface area contributed by atoms with Gasteiger partial charge in [0.15, 0.2) is 6.04 Å². The molecule has 8 N–H and O–H groups in total. The summed E-state index contributed by atoms with van der Waals surface area (Å²) in [7, 11) is 0. The second-order valence-corrected chi connectivity index (χ2v) is 14.7. The molecule has 2 aliphatic rings. The van der Waals surface area contributed by atoms with Gasteiger partial charge in [-0.2, -0.15) is 0 Å². The first kappa shape index (κ1) is 40.0. The predicted octanol–water partition coefficient (Wildman–Crippen LogP) is 2.99. The van der Waals surface area contributed by atoms with Crippen molar-refractivity contribution < 1.29 is 33.9 Å². The number of hydrogen-bond donors (Lipinski definition) is 7. The van der Waals surface area contributed by atoms with Crippen LogP contribution in [0.15, 0.2) is 127 Å². The summed E-state index contributed by atoms with van der Waals surface area (Å²) in [6, 6.07) is 29.0. The number of nitrogens with one attached hydrogen (secondary N) is 5. The monoisotopic (exact) mass is 786 g/mol. The van der Waals surface area contributed by atoms with Crippen molar-refractivity contribution in [1.29, 1.82) is 0 Å². The van der Waals surface area contributed by atoms with Crippen molar-refractivity contribution in [2.75, 3.05) is 5.32 Å². The molecule has 5 atom stereocenters. The first-order valence-electron chi connectivity index (χ1n) is 18.3. The summed E-state index contributed by atoms with van der Waals surface area (Å²) >= 11 is 1.36. The van der Waals surface area contributed by atoms with Crippen LogP contribution in [0, 0.1) is 0 Å². The number of carbonyl (C=O) groups is 6. The molecular weight excluding hydrogens is 745 g/mol. The minimum absolute atomic E-state index is 0.0126. The van der Waals surface area contributed by atoms with Gasteiger partial charge in [-0.1, -0.05) is 103 Å². The Kier molecular flexibility index (Phi) is 13.2. The second-order valence-electron chi connectivity index (χ2n) is 13.7. The second kappa shape index (κ2) is 18.8. The lowest BCUT2D eigenvalue weighted by Crippen LogP contribution is -2.60. The fourth-order valence-electron chi connectivity index (χ4n) is 6.38. The highest BCUT2D eigenvalue weighted by atomic mass is 32.1. The predicted molar refractivity (Wildman–Crippen MR) is 216 cm³/mol. The molecule has 2 aliphatic heterocycles. The third-order valence-corrected chi connectivity index (χ3v) is 10.4. The molecule has 0 aliphatic carbocycles. The summed E-state index contributed by atoms with van der Waals surface area (Å²) in [6.07, 6.45) is -0.0882. The number of carboxylic acids is 1. The lowest BCUT2D eigenvalue weighted by molar-refractivity contribution is -0.142. The van der Waals surface area contributed by atoms with Gasteiger partial charge in [-0.15, -0.1) is 11.3 Å². The zero-order valence-corrected chi connectivity index (χ0v) is 31.5. The molecule has 5 aromatic rings. The molecule has 1 unspecified atom stereocenters. The number of nitrogens with two attached hydrogens (primary N) is 1. The van der Waals surface area contributed by atoms with E-state index in [1.165, 1.54) is 23.5 Å². The van der Waals surface area contributed by atoms with Crippen molar-refractivity contribution in [2.24, 2.45) is 5.73 Å². The molecule has 57 heavy (non-hydrogen) atoms. The van der Waals surface area contributed by atoms with Crippen LogP contribution in [0.4, 0.5) is 5.69 Å². The zero-order valence-electron chi connectivity index (χ0n) is 30.7. The smallest absolute Gasteiger partial charge is 0.326 e. The minimum Gasteiger partial charge on any atom is -0.480 e. The summed E-state index contributed by atoms with van der Waals surface area (Å²) in [5.74, 6) is -5.26. The van der Waals surface area contributed by atoms with E-state index < -0.39 is 65.7 Å². The Balaban J connectivity index is 1.36. The minimum atomic E-state index is -1.71. The molecule has 5 amide bonds. The van der Waals surface area contributed by atoms with Gasteiger partial charge in [0.25, 0.3) is 5.91 Å². The van der Waals surface area contributed by atoms with Crippen LogP contribution >= 0.6 is 11.3 Å². The Morgan fingerprint density at radius 2 is 1.11 bits per heavy atom. The van der Waals surface area contributed by atoms with E-state index in [0.29, 0.717) is 16.7 Å². The van der Waals surface area contributed by atoms with Crippen LogP contribution in [0.1, 0.15) is 21.6 Å². The van der Waals surface area contributed by atoms with Crippen LogP contribution in [0.3, 0.4) is 0 Å². The maximum Gasteiger partial charge on any atom is 0.326 e. The first-order valence-corrected chi connectivity index (χ1v) is 19.2. The number of rotatable bonds is 8. The summed E-state index contributed by atoms with van der Waals surface area (Å²) in [6.45, 7) is 0. The SMILES string of the molecule is NC1C(=O)Nc2ccc(cc2)C[C@@H](C(=O)O)NC(=O)[C@@H](Cc2ccccc2)NC(=O)[C@H](Cc2ccc(-c3ccccc3)cc2)NC(=O)[C@@H](Cc2cccs2)NC1=O. The summed E-state index contributed by atoms with van der Waals surface area (Å²) in [4.78, 5) is 82.2. The van der Waals surface area contributed by atoms with Gasteiger partial charge in [0, 0.05) is 36.2 Å². The standard InChI is InChI=1S/C43H42N6O7S/c44-37-41(53)45-31-19-15-28(16-20-31)24-36(43(55)56)49-39(51)33(22-26-8-3-1-4-9-26)46-38(50)34(23-27-13-17-30(18-14-27)29-10-5-2-6-11-29)47-40(52)35(48-42(37)54)25-32-12-7-21-57-32/h1-21,33-37H,22-25,44H2,(H,45,53)(H,46,50)(H,47,52)(H,48,54)(H,49,51)(H,55,56)/t33-,34+,35-,36+,37?/m1/s1. The van der Waals surface area contributed by atoms with Crippen molar-refractivity contribution in [3.63, 3.8) is 0 Å². The largest absolute Gasteiger partial charge is 0.480 e. The summed E-state index contributed by atoms with van der Waals surface area (Å²) in [5, 5.41) is 25.3. The maximum absolute atomic E-state index is 14.4. The van der Waals surface area contributed by atoms with Crippen molar-refractivity contribution in [3.8, 4) is 11.1 Å². The van der Waals surface area contributed by atoms with Gasteiger partial charge in [0.05, 0.1) is 0 Å². The number of aliphatic carboxylic acids is 1. The number of amides is 5. The number of thiophene rings is 1. The van der Waals surface area contributed by atoms with Gasteiger partial charge in [-0.05, 0) is 51.4 Å². The average Bonchev–Trinajstić information content (AvgIpc) is 3.74. The molecule has 2 bridgehead atoms. The van der Waals surface area contributed by atoms with Crippen LogP contribution in [-0.2, 0) is 54.5 Å². The summed E-state index contributed by atoms with van der Waals surface area (Å²) in [5.41, 5.74) is 10.2. The van der Waals surface area contributed by atoms with Crippen LogP contribution in [0.2, 0.25) is 0 Å².